The third kappa shape index (κ3) is 2.62. The number of esters is 1. The van der Waals surface area contributed by atoms with Crippen LogP contribution in [0.1, 0.15) is 10.4 Å². The van der Waals surface area contributed by atoms with Crippen molar-refractivity contribution in [2.45, 2.75) is 6.10 Å². The van der Waals surface area contributed by atoms with Crippen molar-refractivity contribution in [1.29, 1.82) is 0 Å². The zero-order chi connectivity index (χ0) is 13.0. The van der Waals surface area contributed by atoms with Crippen LogP contribution < -0.4 is 0 Å². The molecule has 18 heavy (non-hydrogen) atoms. The summed E-state index contributed by atoms with van der Waals surface area (Å²) in [4.78, 5) is 25.0. The highest BCUT2D eigenvalue weighted by Gasteiger charge is 2.30. The van der Waals surface area contributed by atoms with Crippen LogP contribution >= 0.6 is 0 Å². The molecule has 96 valence electrons. The first-order valence-corrected chi connectivity index (χ1v) is 5.48. The van der Waals surface area contributed by atoms with E-state index in [0.717, 1.165) is 0 Å². The number of carbonyl (C=O) groups excluding carboxylic acids is 2. The van der Waals surface area contributed by atoms with Crippen molar-refractivity contribution in [3.05, 3.63) is 24.0 Å². The fourth-order valence-corrected chi connectivity index (χ4v) is 1.71. The van der Waals surface area contributed by atoms with Crippen LogP contribution in [0.5, 0.6) is 0 Å². The molecule has 2 heterocycles. The van der Waals surface area contributed by atoms with Gasteiger partial charge in [0.15, 0.2) is 6.10 Å². The van der Waals surface area contributed by atoms with E-state index in [-0.39, 0.29) is 12.5 Å². The Morgan fingerprint density at radius 2 is 2.33 bits per heavy atom. The molecule has 1 unspecified atom stereocenters. The van der Waals surface area contributed by atoms with Gasteiger partial charge in [0.1, 0.15) is 0 Å². The zero-order valence-electron chi connectivity index (χ0n) is 9.91. The lowest BCUT2D eigenvalue weighted by Gasteiger charge is -2.31. The molecule has 7 heteroatoms. The van der Waals surface area contributed by atoms with Gasteiger partial charge in [-0.1, -0.05) is 0 Å². The molecule has 2 rings (SSSR count). The van der Waals surface area contributed by atoms with Gasteiger partial charge in [0.25, 0.3) is 5.91 Å². The molecule has 1 fully saturated rings. The number of carbonyl (C=O) groups is 2. The largest absolute Gasteiger partial charge is 0.467 e. The Balaban J connectivity index is 2.05. The molecule has 0 radical (unpaired) electrons. The Morgan fingerprint density at radius 1 is 1.50 bits per heavy atom. The van der Waals surface area contributed by atoms with Crippen LogP contribution in [0.2, 0.25) is 0 Å². The second kappa shape index (κ2) is 5.54. The monoisotopic (exact) mass is 251 g/mol. The van der Waals surface area contributed by atoms with E-state index in [9.17, 15) is 9.59 Å². The fraction of sp³-hybridized carbons (Fsp3) is 0.455. The molecule has 0 saturated carbocycles. The first-order chi connectivity index (χ1) is 8.72. The van der Waals surface area contributed by atoms with Crippen LogP contribution in [0.3, 0.4) is 0 Å². The molecule has 0 aromatic carbocycles. The number of aromatic nitrogens is 2. The first-order valence-electron chi connectivity index (χ1n) is 5.48. The summed E-state index contributed by atoms with van der Waals surface area (Å²) in [5, 5.41) is 7.26. The van der Waals surface area contributed by atoms with Crippen LogP contribution in [0.15, 0.2) is 18.5 Å². The van der Waals surface area contributed by atoms with Crippen LogP contribution in [0.25, 0.3) is 0 Å². The number of hydrogen-bond acceptors (Lipinski definition) is 6. The zero-order valence-corrected chi connectivity index (χ0v) is 9.91. The number of amides is 1. The van der Waals surface area contributed by atoms with E-state index in [2.05, 4.69) is 14.9 Å². The van der Waals surface area contributed by atoms with Crippen molar-refractivity contribution in [2.75, 3.05) is 26.8 Å². The lowest BCUT2D eigenvalue weighted by atomic mass is 10.2. The maximum absolute atomic E-state index is 12.1. The number of nitrogens with zero attached hydrogens (tertiary/aromatic N) is 3. The molecular weight excluding hydrogens is 238 g/mol. The van der Waals surface area contributed by atoms with Gasteiger partial charge in [0.2, 0.25) is 0 Å². The predicted octanol–water partition coefficient (Wildman–Crippen LogP) is -0.509. The molecule has 1 aromatic rings. The normalized spacial score (nSPS) is 19.4. The number of ether oxygens (including phenoxy) is 2. The summed E-state index contributed by atoms with van der Waals surface area (Å²) in [5.74, 6) is -0.664. The van der Waals surface area contributed by atoms with E-state index in [1.807, 2.05) is 0 Å². The summed E-state index contributed by atoms with van der Waals surface area (Å²) in [6.45, 7) is 0.937. The number of rotatable bonds is 2. The number of morpholine rings is 1. The first kappa shape index (κ1) is 12.4. The summed E-state index contributed by atoms with van der Waals surface area (Å²) in [6.07, 6.45) is 2.12. The van der Waals surface area contributed by atoms with Gasteiger partial charge < -0.3 is 14.4 Å². The van der Waals surface area contributed by atoms with E-state index < -0.39 is 12.1 Å². The molecule has 1 amide bonds. The average Bonchev–Trinajstić information content (AvgIpc) is 2.46. The van der Waals surface area contributed by atoms with E-state index in [4.69, 9.17) is 4.74 Å². The van der Waals surface area contributed by atoms with Crippen molar-refractivity contribution in [3.63, 3.8) is 0 Å². The third-order valence-corrected chi connectivity index (χ3v) is 2.65. The Bertz CT molecular complexity index is 437. The minimum Gasteiger partial charge on any atom is -0.467 e. The summed E-state index contributed by atoms with van der Waals surface area (Å²) in [6, 6.07) is 1.58. The van der Waals surface area contributed by atoms with E-state index in [1.54, 1.807) is 11.0 Å². The minimum atomic E-state index is -0.720. The van der Waals surface area contributed by atoms with Gasteiger partial charge in [0, 0.05) is 6.54 Å². The van der Waals surface area contributed by atoms with Crippen molar-refractivity contribution < 1.29 is 19.1 Å². The maximum atomic E-state index is 12.1. The van der Waals surface area contributed by atoms with Gasteiger partial charge in [-0.15, -0.1) is 0 Å². The Kier molecular flexibility index (Phi) is 3.83. The second-order valence-electron chi connectivity index (χ2n) is 3.76. The third-order valence-electron chi connectivity index (χ3n) is 2.65. The van der Waals surface area contributed by atoms with E-state index in [1.165, 1.54) is 19.5 Å². The van der Waals surface area contributed by atoms with Gasteiger partial charge in [-0.2, -0.15) is 10.2 Å². The fourth-order valence-electron chi connectivity index (χ4n) is 1.71. The minimum absolute atomic E-state index is 0.188. The molecule has 0 aliphatic carbocycles. The van der Waals surface area contributed by atoms with Crippen molar-refractivity contribution in [1.82, 2.24) is 15.1 Å². The van der Waals surface area contributed by atoms with Crippen LogP contribution in [0.4, 0.5) is 0 Å². The van der Waals surface area contributed by atoms with Crippen molar-refractivity contribution in [2.24, 2.45) is 0 Å². The van der Waals surface area contributed by atoms with Gasteiger partial charge in [-0.25, -0.2) is 4.79 Å². The van der Waals surface area contributed by atoms with Gasteiger partial charge in [0.05, 0.1) is 38.2 Å². The quantitative estimate of drug-likeness (QED) is 0.658. The van der Waals surface area contributed by atoms with E-state index in [0.29, 0.717) is 18.7 Å². The highest BCUT2D eigenvalue weighted by molar-refractivity contribution is 5.94. The molecule has 7 nitrogen and oxygen atoms in total. The highest BCUT2D eigenvalue weighted by atomic mass is 16.6. The molecule has 1 aliphatic heterocycles. The Labute approximate surface area is 104 Å². The second-order valence-corrected chi connectivity index (χ2v) is 3.76. The van der Waals surface area contributed by atoms with Crippen molar-refractivity contribution in [3.8, 4) is 0 Å². The maximum Gasteiger partial charge on any atom is 0.336 e. The molecule has 0 spiro atoms. The highest BCUT2D eigenvalue weighted by Crippen LogP contribution is 2.10. The van der Waals surface area contributed by atoms with Gasteiger partial charge in [-0.05, 0) is 6.07 Å². The summed E-state index contributed by atoms with van der Waals surface area (Å²) >= 11 is 0. The smallest absolute Gasteiger partial charge is 0.336 e. The topological polar surface area (TPSA) is 81.6 Å². The molecular formula is C11H13N3O4. The SMILES string of the molecule is COC(=O)C1CN(C(=O)c2ccnnc2)CCO1. The molecule has 1 aliphatic rings. The lowest BCUT2D eigenvalue weighted by Crippen LogP contribution is -2.48. The molecule has 1 saturated heterocycles. The number of hydrogen-bond donors (Lipinski definition) is 0. The van der Waals surface area contributed by atoms with Crippen LogP contribution in [-0.4, -0.2) is 59.9 Å². The van der Waals surface area contributed by atoms with Gasteiger partial charge >= 0.3 is 5.97 Å². The van der Waals surface area contributed by atoms with Crippen molar-refractivity contribution >= 4 is 11.9 Å². The average molecular weight is 251 g/mol. The summed E-state index contributed by atoms with van der Waals surface area (Å²) < 4.78 is 9.85. The van der Waals surface area contributed by atoms with Crippen LogP contribution in [-0.2, 0) is 14.3 Å². The summed E-state index contributed by atoms with van der Waals surface area (Å²) in [7, 11) is 1.29. The van der Waals surface area contributed by atoms with E-state index >= 15 is 0 Å². The number of methoxy groups -OCH3 is 1. The predicted molar refractivity (Wildman–Crippen MR) is 59.7 cm³/mol. The Morgan fingerprint density at radius 3 is 3.00 bits per heavy atom. The summed E-state index contributed by atoms with van der Waals surface area (Å²) in [5.41, 5.74) is 0.440. The lowest BCUT2D eigenvalue weighted by molar-refractivity contribution is -0.158. The standard InChI is InChI=1S/C11H13N3O4/c1-17-11(16)9-7-14(4-5-18-9)10(15)8-2-3-12-13-6-8/h2-3,6,9H,4-5,7H2,1H3. The van der Waals surface area contributed by atoms with Crippen LogP contribution in [0, 0.1) is 0 Å². The Hall–Kier alpha value is -2.02. The molecule has 0 N–H and O–H groups in total. The molecule has 0 bridgehead atoms. The van der Waals surface area contributed by atoms with Gasteiger partial charge in [-0.3, -0.25) is 4.79 Å². The molecule has 1 atom stereocenters. The molecule has 1 aromatic heterocycles.